The second-order valence-corrected chi connectivity index (χ2v) is 5.38. The van der Waals surface area contributed by atoms with Gasteiger partial charge in [0.2, 0.25) is 5.91 Å². The number of alkyl halides is 3. The van der Waals surface area contributed by atoms with E-state index in [9.17, 15) is 23.1 Å². The van der Waals surface area contributed by atoms with Crippen LogP contribution in [0.2, 0.25) is 0 Å². The Bertz CT molecular complexity index is 335. The number of hydrogen-bond donors (Lipinski definition) is 2. The highest BCUT2D eigenvalue weighted by Crippen LogP contribution is 2.48. The van der Waals surface area contributed by atoms with Crippen molar-refractivity contribution in [3.05, 3.63) is 0 Å². The number of carbonyl (C=O) groups is 1. The van der Waals surface area contributed by atoms with Gasteiger partial charge in [-0.3, -0.25) is 4.79 Å². The lowest BCUT2D eigenvalue weighted by Gasteiger charge is -2.30. The van der Waals surface area contributed by atoms with Crippen molar-refractivity contribution in [1.29, 1.82) is 0 Å². The van der Waals surface area contributed by atoms with E-state index in [-0.39, 0.29) is 18.6 Å². The second kappa shape index (κ2) is 5.66. The Morgan fingerprint density at radius 1 is 1.32 bits per heavy atom. The van der Waals surface area contributed by atoms with Gasteiger partial charge < -0.3 is 15.2 Å². The number of amides is 1. The molecule has 2 rings (SSSR count). The third kappa shape index (κ3) is 3.60. The predicted octanol–water partition coefficient (Wildman–Crippen LogP) is 1.09. The lowest BCUT2D eigenvalue weighted by Crippen LogP contribution is -2.46. The van der Waals surface area contributed by atoms with Gasteiger partial charge in [-0.05, 0) is 31.1 Å². The van der Waals surface area contributed by atoms with E-state index < -0.39 is 25.3 Å². The summed E-state index contributed by atoms with van der Waals surface area (Å²) in [6, 6.07) is -0.120. The minimum atomic E-state index is -4.42. The summed E-state index contributed by atoms with van der Waals surface area (Å²) in [6.45, 7) is -2.00. The number of fused-ring (bicyclic) bond motifs is 2. The molecule has 0 aromatic carbocycles. The molecule has 2 fully saturated rings. The molecule has 2 aliphatic rings. The quantitative estimate of drug-likeness (QED) is 0.793. The lowest BCUT2D eigenvalue weighted by atomic mass is 9.85. The molecule has 2 N–H and O–H groups in total. The fourth-order valence-electron chi connectivity index (χ4n) is 3.39. The first-order chi connectivity index (χ1) is 8.90. The normalized spacial score (nSPS) is 33.7. The molecule has 0 aromatic heterocycles. The Labute approximate surface area is 109 Å². The Balaban J connectivity index is 1.76. The average molecular weight is 281 g/mol. The number of nitrogens with one attached hydrogen (secondary N) is 1. The molecule has 0 radical (unpaired) electrons. The standard InChI is InChI=1S/C12H18F3NO3/c13-12(14,15)6-19-5-10(18)16-11-8-2-1-7(3-8)9(11)4-17/h7-9,11,17H,1-6H2,(H,16,18). The molecule has 4 unspecified atom stereocenters. The van der Waals surface area contributed by atoms with Gasteiger partial charge in [0.25, 0.3) is 0 Å². The number of ether oxygens (including phenoxy) is 1. The third-order valence-electron chi connectivity index (χ3n) is 4.13. The van der Waals surface area contributed by atoms with Crippen molar-refractivity contribution in [3.63, 3.8) is 0 Å². The van der Waals surface area contributed by atoms with Crippen LogP contribution in [0.1, 0.15) is 19.3 Å². The molecule has 0 aliphatic heterocycles. The van der Waals surface area contributed by atoms with Gasteiger partial charge in [0, 0.05) is 18.6 Å². The van der Waals surface area contributed by atoms with Crippen LogP contribution < -0.4 is 5.32 Å². The Hall–Kier alpha value is -0.820. The Morgan fingerprint density at radius 2 is 2.00 bits per heavy atom. The zero-order chi connectivity index (χ0) is 14.0. The first-order valence-electron chi connectivity index (χ1n) is 6.45. The molecule has 2 saturated carbocycles. The molecule has 7 heteroatoms. The fourth-order valence-corrected chi connectivity index (χ4v) is 3.39. The summed E-state index contributed by atoms with van der Waals surface area (Å²) in [4.78, 5) is 11.5. The molecule has 1 amide bonds. The smallest absolute Gasteiger partial charge is 0.396 e. The predicted molar refractivity (Wildman–Crippen MR) is 60.2 cm³/mol. The molecule has 0 heterocycles. The Morgan fingerprint density at radius 3 is 2.63 bits per heavy atom. The van der Waals surface area contributed by atoms with E-state index in [0.717, 1.165) is 19.3 Å². The largest absolute Gasteiger partial charge is 0.411 e. The van der Waals surface area contributed by atoms with Gasteiger partial charge >= 0.3 is 6.18 Å². The lowest BCUT2D eigenvalue weighted by molar-refractivity contribution is -0.175. The van der Waals surface area contributed by atoms with Crippen molar-refractivity contribution >= 4 is 5.91 Å². The first kappa shape index (κ1) is 14.6. The minimum Gasteiger partial charge on any atom is -0.396 e. The van der Waals surface area contributed by atoms with Crippen LogP contribution in [-0.4, -0.2) is 43.1 Å². The van der Waals surface area contributed by atoms with Crippen LogP contribution in [0.3, 0.4) is 0 Å². The summed E-state index contributed by atoms with van der Waals surface area (Å²) in [6.07, 6.45) is -1.36. The number of hydrogen-bond acceptors (Lipinski definition) is 3. The van der Waals surface area contributed by atoms with Gasteiger partial charge in [-0.15, -0.1) is 0 Å². The topological polar surface area (TPSA) is 58.6 Å². The van der Waals surface area contributed by atoms with Crippen molar-refractivity contribution in [2.45, 2.75) is 31.5 Å². The maximum absolute atomic E-state index is 11.9. The molecule has 110 valence electrons. The molecule has 4 nitrogen and oxygen atoms in total. The summed E-state index contributed by atoms with van der Waals surface area (Å²) < 4.78 is 39.9. The highest BCUT2D eigenvalue weighted by Gasteiger charge is 2.47. The monoisotopic (exact) mass is 281 g/mol. The van der Waals surface area contributed by atoms with Gasteiger partial charge in [-0.2, -0.15) is 13.2 Å². The zero-order valence-corrected chi connectivity index (χ0v) is 10.4. The number of carbonyl (C=O) groups excluding carboxylic acids is 1. The van der Waals surface area contributed by atoms with E-state index in [1.54, 1.807) is 0 Å². The third-order valence-corrected chi connectivity index (χ3v) is 4.13. The van der Waals surface area contributed by atoms with Crippen molar-refractivity contribution < 1.29 is 27.8 Å². The number of aliphatic hydroxyl groups is 1. The maximum atomic E-state index is 11.9. The molecule has 4 atom stereocenters. The van der Waals surface area contributed by atoms with Crippen LogP contribution in [0.5, 0.6) is 0 Å². The molecule has 0 aromatic rings. The van der Waals surface area contributed by atoms with E-state index in [2.05, 4.69) is 10.1 Å². The van der Waals surface area contributed by atoms with E-state index in [0.29, 0.717) is 11.8 Å². The summed E-state index contributed by atoms with van der Waals surface area (Å²) in [5.41, 5.74) is 0. The average Bonchev–Trinajstić information content (AvgIpc) is 2.87. The number of halogens is 3. The summed E-state index contributed by atoms with van der Waals surface area (Å²) >= 11 is 0. The van der Waals surface area contributed by atoms with Crippen LogP contribution >= 0.6 is 0 Å². The molecule has 2 bridgehead atoms. The number of rotatable bonds is 5. The van der Waals surface area contributed by atoms with Gasteiger partial charge in [-0.25, -0.2) is 0 Å². The highest BCUT2D eigenvalue weighted by atomic mass is 19.4. The van der Waals surface area contributed by atoms with Crippen molar-refractivity contribution in [1.82, 2.24) is 5.32 Å². The van der Waals surface area contributed by atoms with Crippen molar-refractivity contribution in [2.75, 3.05) is 19.8 Å². The van der Waals surface area contributed by atoms with Crippen molar-refractivity contribution in [2.24, 2.45) is 17.8 Å². The SMILES string of the molecule is O=C(COCC(F)(F)F)NC1C2CCC(C2)C1CO. The van der Waals surface area contributed by atoms with Gasteiger partial charge in [0.1, 0.15) is 13.2 Å². The fraction of sp³-hybridized carbons (Fsp3) is 0.917. The summed E-state index contributed by atoms with van der Waals surface area (Å²) in [7, 11) is 0. The van der Waals surface area contributed by atoms with Gasteiger partial charge in [-0.1, -0.05) is 0 Å². The summed E-state index contributed by atoms with van der Waals surface area (Å²) in [5, 5.41) is 12.0. The van der Waals surface area contributed by atoms with E-state index in [1.165, 1.54) is 0 Å². The Kier molecular flexibility index (Phi) is 4.35. The van der Waals surface area contributed by atoms with Crippen LogP contribution in [0.4, 0.5) is 13.2 Å². The van der Waals surface area contributed by atoms with E-state index >= 15 is 0 Å². The van der Waals surface area contributed by atoms with Gasteiger partial charge in [0.05, 0.1) is 0 Å². The minimum absolute atomic E-state index is 0.00945. The van der Waals surface area contributed by atoms with Crippen LogP contribution in [0, 0.1) is 17.8 Å². The van der Waals surface area contributed by atoms with Crippen LogP contribution in [0.15, 0.2) is 0 Å². The molecular formula is C12H18F3NO3. The van der Waals surface area contributed by atoms with Gasteiger partial charge in [0.15, 0.2) is 0 Å². The maximum Gasteiger partial charge on any atom is 0.411 e. The van der Waals surface area contributed by atoms with E-state index in [1.807, 2.05) is 0 Å². The molecular weight excluding hydrogens is 263 g/mol. The molecule has 0 spiro atoms. The molecule has 19 heavy (non-hydrogen) atoms. The highest BCUT2D eigenvalue weighted by molar-refractivity contribution is 5.77. The molecule has 2 aliphatic carbocycles. The van der Waals surface area contributed by atoms with Crippen LogP contribution in [0.25, 0.3) is 0 Å². The van der Waals surface area contributed by atoms with Crippen molar-refractivity contribution in [3.8, 4) is 0 Å². The zero-order valence-electron chi connectivity index (χ0n) is 10.4. The second-order valence-electron chi connectivity index (χ2n) is 5.38. The molecule has 0 saturated heterocycles. The van der Waals surface area contributed by atoms with E-state index in [4.69, 9.17) is 0 Å². The number of aliphatic hydroxyl groups excluding tert-OH is 1. The first-order valence-corrected chi connectivity index (χ1v) is 6.45. The summed E-state index contributed by atoms with van der Waals surface area (Å²) in [5.74, 6) is 0.260. The van der Waals surface area contributed by atoms with Crippen LogP contribution in [-0.2, 0) is 9.53 Å².